The molecule has 1 aromatic carbocycles. The molecular weight excluding hydrogens is 294 g/mol. The predicted molar refractivity (Wildman–Crippen MR) is 89.6 cm³/mol. The molecule has 3 heterocycles. The summed E-state index contributed by atoms with van der Waals surface area (Å²) in [6.45, 7) is 0.804. The molecule has 0 amide bonds. The summed E-state index contributed by atoms with van der Waals surface area (Å²) < 4.78 is 0. The van der Waals surface area contributed by atoms with Crippen molar-refractivity contribution in [3.05, 3.63) is 60.4 Å². The highest BCUT2D eigenvalue weighted by atomic mass is 32.2. The molecule has 4 rings (SSSR count). The van der Waals surface area contributed by atoms with Gasteiger partial charge in [0, 0.05) is 17.6 Å². The van der Waals surface area contributed by atoms with Crippen LogP contribution in [0.4, 0.5) is 5.95 Å². The van der Waals surface area contributed by atoms with Crippen LogP contribution in [0, 0.1) is 0 Å². The van der Waals surface area contributed by atoms with Gasteiger partial charge >= 0.3 is 0 Å². The monoisotopic (exact) mass is 309 g/mol. The van der Waals surface area contributed by atoms with Crippen LogP contribution in [-0.4, -0.2) is 27.2 Å². The Morgan fingerprint density at radius 1 is 1.14 bits per heavy atom. The molecule has 0 atom stereocenters. The van der Waals surface area contributed by atoms with E-state index in [9.17, 15) is 0 Å². The van der Waals surface area contributed by atoms with Crippen molar-refractivity contribution in [2.24, 2.45) is 0 Å². The van der Waals surface area contributed by atoms with Crippen molar-refractivity contribution in [2.45, 2.75) is 5.03 Å². The Morgan fingerprint density at radius 2 is 2.05 bits per heavy atom. The highest BCUT2D eigenvalue weighted by molar-refractivity contribution is 7.99. The second-order valence-corrected chi connectivity index (χ2v) is 5.98. The summed E-state index contributed by atoms with van der Waals surface area (Å²) in [6.07, 6.45) is 4.00. The Labute approximate surface area is 132 Å². The lowest BCUT2D eigenvalue weighted by Crippen LogP contribution is -2.33. The van der Waals surface area contributed by atoms with E-state index in [0.29, 0.717) is 0 Å². The number of benzene rings is 1. The van der Waals surface area contributed by atoms with E-state index < -0.39 is 0 Å². The van der Waals surface area contributed by atoms with Crippen molar-refractivity contribution in [2.75, 3.05) is 17.3 Å². The van der Waals surface area contributed by atoms with Crippen LogP contribution in [0.1, 0.15) is 0 Å². The van der Waals surface area contributed by atoms with Gasteiger partial charge in [-0.15, -0.1) is 11.8 Å². The van der Waals surface area contributed by atoms with Crippen molar-refractivity contribution in [3.8, 4) is 0 Å². The second-order valence-electron chi connectivity index (χ2n) is 4.99. The van der Waals surface area contributed by atoms with Crippen LogP contribution in [0.3, 0.4) is 0 Å². The predicted octanol–water partition coefficient (Wildman–Crippen LogP) is 2.96. The van der Waals surface area contributed by atoms with Gasteiger partial charge in [-0.2, -0.15) is 0 Å². The van der Waals surface area contributed by atoms with Crippen molar-refractivity contribution < 1.29 is 0 Å². The Kier molecular flexibility index (Phi) is 3.44. The summed E-state index contributed by atoms with van der Waals surface area (Å²) in [6, 6.07) is 14.0. The smallest absolute Gasteiger partial charge is 0.223 e. The third-order valence-corrected chi connectivity index (χ3v) is 4.44. The number of nitrogens with zero attached hydrogens (tertiary/aromatic N) is 3. The summed E-state index contributed by atoms with van der Waals surface area (Å²) in [7, 11) is 0. The van der Waals surface area contributed by atoms with E-state index in [1.54, 1.807) is 11.8 Å². The first-order chi connectivity index (χ1) is 10.9. The number of fused-ring (bicyclic) bond motifs is 1. The minimum Gasteiger partial charge on any atom is -0.323 e. The number of nitrogens with one attached hydrogen (secondary N) is 2. The Hall–Kier alpha value is -2.47. The minimum atomic E-state index is 0.804. The second kappa shape index (κ2) is 5.73. The van der Waals surface area contributed by atoms with E-state index in [-0.39, 0.29) is 0 Å². The molecule has 0 saturated heterocycles. The first kappa shape index (κ1) is 13.2. The van der Waals surface area contributed by atoms with E-state index in [0.717, 1.165) is 34.3 Å². The Bertz CT molecular complexity index is 779. The molecule has 0 radical (unpaired) electrons. The molecule has 6 heteroatoms. The van der Waals surface area contributed by atoms with Gasteiger partial charge in [0.2, 0.25) is 5.95 Å². The van der Waals surface area contributed by atoms with E-state index in [1.807, 2.05) is 53.7 Å². The number of para-hydroxylation sites is 2. The maximum atomic E-state index is 4.60. The highest BCUT2D eigenvalue weighted by Crippen LogP contribution is 2.21. The number of aromatic nitrogens is 3. The molecule has 22 heavy (non-hydrogen) atoms. The van der Waals surface area contributed by atoms with Crippen molar-refractivity contribution in [3.63, 3.8) is 0 Å². The Morgan fingerprint density at radius 3 is 2.91 bits per heavy atom. The van der Waals surface area contributed by atoms with Gasteiger partial charge < -0.3 is 4.98 Å². The van der Waals surface area contributed by atoms with Gasteiger partial charge in [-0.1, -0.05) is 18.2 Å². The number of rotatable bonds is 4. The molecule has 2 N–H and O–H groups in total. The molecule has 110 valence electrons. The number of hydrazine groups is 1. The van der Waals surface area contributed by atoms with E-state index in [4.69, 9.17) is 0 Å². The van der Waals surface area contributed by atoms with Gasteiger partial charge in [0.25, 0.3) is 0 Å². The van der Waals surface area contributed by atoms with Gasteiger partial charge in [0.1, 0.15) is 0 Å². The van der Waals surface area contributed by atoms with Crippen molar-refractivity contribution >= 4 is 28.7 Å². The molecule has 0 bridgehead atoms. The fourth-order valence-corrected chi connectivity index (χ4v) is 3.14. The van der Waals surface area contributed by atoms with Crippen LogP contribution in [0.2, 0.25) is 0 Å². The molecule has 0 saturated carbocycles. The Balaban J connectivity index is 1.41. The summed E-state index contributed by atoms with van der Waals surface area (Å²) in [5, 5.41) is 3.06. The van der Waals surface area contributed by atoms with Crippen LogP contribution in [0.5, 0.6) is 0 Å². The van der Waals surface area contributed by atoms with Crippen LogP contribution in [-0.2, 0) is 0 Å². The number of hydrogen-bond donors (Lipinski definition) is 2. The van der Waals surface area contributed by atoms with E-state index in [2.05, 4.69) is 26.5 Å². The minimum absolute atomic E-state index is 0.804. The van der Waals surface area contributed by atoms with Crippen LogP contribution in [0.25, 0.3) is 11.0 Å². The topological polar surface area (TPSA) is 56.8 Å². The van der Waals surface area contributed by atoms with E-state index >= 15 is 0 Å². The highest BCUT2D eigenvalue weighted by Gasteiger charge is 2.17. The fourth-order valence-electron chi connectivity index (χ4n) is 2.35. The molecule has 1 aliphatic heterocycles. The van der Waals surface area contributed by atoms with Crippen LogP contribution in [0.15, 0.2) is 65.5 Å². The molecular formula is C16H15N5S. The number of anilines is 1. The summed E-state index contributed by atoms with van der Waals surface area (Å²) >= 11 is 1.72. The summed E-state index contributed by atoms with van der Waals surface area (Å²) in [5.74, 6) is 1.71. The first-order valence-corrected chi connectivity index (χ1v) is 8.09. The standard InChI is InChI=1S/C16H15N5S/c1-2-6-14-13(5-1)18-16(19-14)21-10-8-12(20-21)11-22-15-7-3-4-9-17-15/h1-9,20H,10-11H2,(H,18,19). The van der Waals surface area contributed by atoms with Crippen LogP contribution < -0.4 is 10.4 Å². The van der Waals surface area contributed by atoms with E-state index in [1.165, 1.54) is 5.70 Å². The number of H-pyrrole nitrogens is 1. The number of hydrogen-bond acceptors (Lipinski definition) is 5. The molecule has 0 fully saturated rings. The lowest BCUT2D eigenvalue weighted by molar-refractivity contribution is 0.781. The lowest BCUT2D eigenvalue weighted by Gasteiger charge is -2.16. The molecule has 0 spiro atoms. The van der Waals surface area contributed by atoms with Gasteiger partial charge in [-0.3, -0.25) is 10.4 Å². The molecule has 1 aliphatic rings. The lowest BCUT2D eigenvalue weighted by atomic mass is 10.3. The average Bonchev–Trinajstić information content (AvgIpc) is 3.20. The first-order valence-electron chi connectivity index (χ1n) is 7.10. The van der Waals surface area contributed by atoms with Crippen LogP contribution >= 0.6 is 11.8 Å². The zero-order chi connectivity index (χ0) is 14.8. The van der Waals surface area contributed by atoms with Gasteiger partial charge in [-0.05, 0) is 30.3 Å². The SMILES string of the molecule is C1=C(CSc2ccccn2)NN(c2nc3ccccc3[nH]2)C1. The van der Waals surface area contributed by atoms with Gasteiger partial charge in [0.05, 0.1) is 22.6 Å². The normalized spacial score (nSPS) is 14.2. The quantitative estimate of drug-likeness (QED) is 0.726. The van der Waals surface area contributed by atoms with Gasteiger partial charge in [0.15, 0.2) is 0 Å². The number of thioether (sulfide) groups is 1. The number of aromatic amines is 1. The maximum absolute atomic E-state index is 4.60. The third-order valence-electron chi connectivity index (χ3n) is 3.44. The zero-order valence-corrected chi connectivity index (χ0v) is 12.7. The average molecular weight is 309 g/mol. The van der Waals surface area contributed by atoms with Gasteiger partial charge in [-0.25, -0.2) is 9.97 Å². The summed E-state index contributed by atoms with van der Waals surface area (Å²) in [4.78, 5) is 12.3. The molecule has 2 aromatic heterocycles. The number of imidazole rings is 1. The molecule has 0 unspecified atom stereocenters. The molecule has 0 aliphatic carbocycles. The van der Waals surface area contributed by atoms with Crippen molar-refractivity contribution in [1.29, 1.82) is 0 Å². The fraction of sp³-hybridized carbons (Fsp3) is 0.125. The summed E-state index contributed by atoms with van der Waals surface area (Å²) in [5.41, 5.74) is 6.60. The third kappa shape index (κ3) is 2.65. The largest absolute Gasteiger partial charge is 0.323 e. The molecule has 3 aromatic rings. The molecule has 5 nitrogen and oxygen atoms in total. The zero-order valence-electron chi connectivity index (χ0n) is 11.9. The number of pyridine rings is 1. The maximum Gasteiger partial charge on any atom is 0.223 e. The van der Waals surface area contributed by atoms with Crippen molar-refractivity contribution in [1.82, 2.24) is 20.4 Å².